The van der Waals surface area contributed by atoms with Crippen molar-refractivity contribution in [3.8, 4) is 0 Å². The molecule has 0 aliphatic heterocycles. The van der Waals surface area contributed by atoms with E-state index >= 15 is 0 Å². The Bertz CT molecular complexity index is 639. The van der Waals surface area contributed by atoms with E-state index in [1.54, 1.807) is 43.2 Å². The van der Waals surface area contributed by atoms with E-state index in [1.807, 2.05) is 0 Å². The fourth-order valence-corrected chi connectivity index (χ4v) is 1.91. The van der Waals surface area contributed by atoms with Gasteiger partial charge in [-0.3, -0.25) is 9.67 Å². The molecule has 7 nitrogen and oxygen atoms in total. The van der Waals surface area contributed by atoms with Crippen LogP contribution in [0.3, 0.4) is 0 Å². The summed E-state index contributed by atoms with van der Waals surface area (Å²) in [4.78, 5) is 15.8. The number of urea groups is 1. The number of halogens is 1. The Hall–Kier alpha value is -2.12. The molecule has 22 heavy (non-hydrogen) atoms. The third kappa shape index (κ3) is 4.44. The number of pyridine rings is 1. The Morgan fingerprint density at radius 3 is 2.77 bits per heavy atom. The highest BCUT2D eigenvalue weighted by Gasteiger charge is 2.25. The zero-order valence-corrected chi connectivity index (χ0v) is 13.1. The van der Waals surface area contributed by atoms with Crippen molar-refractivity contribution >= 4 is 17.6 Å². The molecule has 3 N–H and O–H groups in total. The van der Waals surface area contributed by atoms with Crippen LogP contribution >= 0.6 is 11.6 Å². The lowest BCUT2D eigenvalue weighted by Crippen LogP contribution is -2.43. The maximum Gasteiger partial charge on any atom is 0.315 e. The summed E-state index contributed by atoms with van der Waals surface area (Å²) in [6.45, 7) is 1.96. The van der Waals surface area contributed by atoms with Gasteiger partial charge in [0.2, 0.25) is 0 Å². The second-order valence-corrected chi connectivity index (χ2v) is 5.62. The summed E-state index contributed by atoms with van der Waals surface area (Å²) < 4.78 is 1.59. The van der Waals surface area contributed by atoms with Gasteiger partial charge in [-0.15, -0.1) is 0 Å². The molecule has 1 atom stereocenters. The molecule has 0 spiro atoms. The number of rotatable bonds is 5. The van der Waals surface area contributed by atoms with E-state index in [0.29, 0.717) is 16.3 Å². The van der Waals surface area contributed by atoms with E-state index in [4.69, 9.17) is 11.6 Å². The van der Waals surface area contributed by atoms with Crippen LogP contribution in [0.15, 0.2) is 30.7 Å². The highest BCUT2D eigenvalue weighted by atomic mass is 35.5. The third-order valence-electron chi connectivity index (χ3n) is 3.14. The number of carbonyl (C=O) groups is 1. The molecule has 2 aromatic heterocycles. The maximum absolute atomic E-state index is 11.8. The zero-order valence-electron chi connectivity index (χ0n) is 12.4. The largest absolute Gasteiger partial charge is 0.383 e. The molecule has 2 heterocycles. The number of nitrogens with zero attached hydrogens (tertiary/aromatic N) is 3. The van der Waals surface area contributed by atoms with Crippen LogP contribution in [0.25, 0.3) is 0 Å². The Morgan fingerprint density at radius 1 is 1.41 bits per heavy atom. The van der Waals surface area contributed by atoms with Crippen LogP contribution in [0.2, 0.25) is 5.02 Å². The molecular formula is C14H18ClN5O2. The third-order valence-corrected chi connectivity index (χ3v) is 3.36. The minimum atomic E-state index is -1.19. The number of amides is 2. The molecule has 0 aliphatic rings. The van der Waals surface area contributed by atoms with E-state index in [-0.39, 0.29) is 19.1 Å². The Morgan fingerprint density at radius 2 is 2.18 bits per heavy atom. The Balaban J connectivity index is 1.81. The van der Waals surface area contributed by atoms with Gasteiger partial charge in [0.1, 0.15) is 5.60 Å². The lowest BCUT2D eigenvalue weighted by Gasteiger charge is -2.22. The molecule has 0 bridgehead atoms. The van der Waals surface area contributed by atoms with Crippen molar-refractivity contribution in [1.29, 1.82) is 0 Å². The van der Waals surface area contributed by atoms with Gasteiger partial charge in [0.25, 0.3) is 0 Å². The van der Waals surface area contributed by atoms with E-state index in [9.17, 15) is 9.90 Å². The van der Waals surface area contributed by atoms with E-state index in [0.717, 1.165) is 0 Å². The molecule has 0 saturated carbocycles. The summed E-state index contributed by atoms with van der Waals surface area (Å²) >= 11 is 5.74. The predicted octanol–water partition coefficient (Wildman–Crippen LogP) is 1.18. The van der Waals surface area contributed by atoms with Crippen molar-refractivity contribution in [2.24, 2.45) is 7.05 Å². The van der Waals surface area contributed by atoms with Gasteiger partial charge in [-0.1, -0.05) is 11.6 Å². The average molecular weight is 324 g/mol. The summed E-state index contributed by atoms with van der Waals surface area (Å²) in [5, 5.41) is 20.2. The molecular weight excluding hydrogens is 306 g/mol. The van der Waals surface area contributed by atoms with Crippen LogP contribution in [0.4, 0.5) is 4.79 Å². The summed E-state index contributed by atoms with van der Waals surface area (Å²) in [5.41, 5.74) is 0.137. The lowest BCUT2D eigenvalue weighted by molar-refractivity contribution is 0.0593. The van der Waals surface area contributed by atoms with Gasteiger partial charge in [-0.25, -0.2) is 4.79 Å². The number of aryl methyl sites for hydroxylation is 1. The summed E-state index contributed by atoms with van der Waals surface area (Å²) in [7, 11) is 1.76. The molecule has 2 rings (SSSR count). The first-order valence-corrected chi connectivity index (χ1v) is 7.08. The van der Waals surface area contributed by atoms with Gasteiger partial charge in [-0.2, -0.15) is 5.10 Å². The van der Waals surface area contributed by atoms with Crippen molar-refractivity contribution in [2.45, 2.75) is 19.1 Å². The van der Waals surface area contributed by atoms with Crippen molar-refractivity contribution in [1.82, 2.24) is 25.4 Å². The fraction of sp³-hybridized carbons (Fsp3) is 0.357. The van der Waals surface area contributed by atoms with Gasteiger partial charge < -0.3 is 15.7 Å². The lowest BCUT2D eigenvalue weighted by atomic mass is 10.00. The molecule has 0 fully saturated rings. The fourth-order valence-electron chi connectivity index (χ4n) is 1.80. The van der Waals surface area contributed by atoms with E-state index in [1.165, 1.54) is 6.20 Å². The van der Waals surface area contributed by atoms with Gasteiger partial charge in [0, 0.05) is 25.0 Å². The minimum absolute atomic E-state index is 0.0680. The van der Waals surface area contributed by atoms with Crippen LogP contribution < -0.4 is 10.6 Å². The van der Waals surface area contributed by atoms with Crippen molar-refractivity contribution in [2.75, 3.05) is 6.54 Å². The molecule has 2 amide bonds. The van der Waals surface area contributed by atoms with Gasteiger partial charge in [0.05, 0.1) is 30.0 Å². The summed E-state index contributed by atoms with van der Waals surface area (Å²) in [5.74, 6) is 0. The van der Waals surface area contributed by atoms with Crippen LogP contribution in [0.5, 0.6) is 0 Å². The molecule has 0 aliphatic carbocycles. The zero-order chi connectivity index (χ0) is 16.2. The molecule has 2 aromatic rings. The SMILES string of the molecule is Cn1cc(C(C)(O)CNC(=O)NCc2ccc(Cl)cn2)cn1. The van der Waals surface area contributed by atoms with Crippen molar-refractivity contribution in [3.63, 3.8) is 0 Å². The number of aliphatic hydroxyl groups is 1. The smallest absolute Gasteiger partial charge is 0.315 e. The molecule has 0 saturated heterocycles. The van der Waals surface area contributed by atoms with Crippen LogP contribution in [-0.4, -0.2) is 32.4 Å². The van der Waals surface area contributed by atoms with Crippen molar-refractivity contribution in [3.05, 3.63) is 47.0 Å². The second-order valence-electron chi connectivity index (χ2n) is 5.18. The van der Waals surface area contributed by atoms with Crippen LogP contribution in [-0.2, 0) is 19.2 Å². The highest BCUT2D eigenvalue weighted by Crippen LogP contribution is 2.18. The molecule has 8 heteroatoms. The van der Waals surface area contributed by atoms with E-state index in [2.05, 4.69) is 20.7 Å². The normalized spacial score (nSPS) is 13.5. The Kier molecular flexibility index (Phi) is 4.99. The first-order chi connectivity index (χ1) is 10.4. The first-order valence-electron chi connectivity index (χ1n) is 6.70. The monoisotopic (exact) mass is 323 g/mol. The number of hydrogen-bond acceptors (Lipinski definition) is 4. The summed E-state index contributed by atoms with van der Waals surface area (Å²) in [6.07, 6.45) is 4.79. The number of nitrogens with one attached hydrogen (secondary N) is 2. The average Bonchev–Trinajstić information content (AvgIpc) is 2.92. The maximum atomic E-state index is 11.8. The highest BCUT2D eigenvalue weighted by molar-refractivity contribution is 6.30. The number of carbonyl (C=O) groups excluding carboxylic acids is 1. The number of hydrogen-bond donors (Lipinski definition) is 3. The van der Waals surface area contributed by atoms with Gasteiger partial charge >= 0.3 is 6.03 Å². The molecule has 0 radical (unpaired) electrons. The number of aromatic nitrogens is 3. The Labute approximate surface area is 133 Å². The predicted molar refractivity (Wildman–Crippen MR) is 82.3 cm³/mol. The molecule has 0 aromatic carbocycles. The second kappa shape index (κ2) is 6.76. The first kappa shape index (κ1) is 16.3. The van der Waals surface area contributed by atoms with E-state index < -0.39 is 5.60 Å². The summed E-state index contributed by atoms with van der Waals surface area (Å²) in [6, 6.07) is 3.05. The van der Waals surface area contributed by atoms with Crippen molar-refractivity contribution < 1.29 is 9.90 Å². The van der Waals surface area contributed by atoms with Crippen LogP contribution in [0, 0.1) is 0 Å². The topological polar surface area (TPSA) is 92.1 Å². The van der Waals surface area contributed by atoms with Gasteiger partial charge in [-0.05, 0) is 19.1 Å². The molecule has 1 unspecified atom stereocenters. The van der Waals surface area contributed by atoms with Crippen LogP contribution in [0.1, 0.15) is 18.2 Å². The molecule has 118 valence electrons. The standard InChI is InChI=1S/C14H18ClN5O2/c1-14(22,10-5-19-20(2)8-10)9-18-13(21)17-7-12-4-3-11(15)6-16-12/h3-6,8,22H,7,9H2,1-2H3,(H2,17,18,21). The quantitative estimate of drug-likeness (QED) is 0.770. The minimum Gasteiger partial charge on any atom is -0.383 e. The van der Waals surface area contributed by atoms with Gasteiger partial charge in [0.15, 0.2) is 0 Å².